The predicted octanol–water partition coefficient (Wildman–Crippen LogP) is 2.10. The number of hydrogen-bond acceptors (Lipinski definition) is 4. The first-order valence-corrected chi connectivity index (χ1v) is 6.14. The fourth-order valence-electron chi connectivity index (χ4n) is 1.75. The maximum atomic E-state index is 11.4. The van der Waals surface area contributed by atoms with E-state index in [4.69, 9.17) is 9.84 Å². The second-order valence-corrected chi connectivity index (χ2v) is 5.06. The molecular weight excluding hydrogens is 240 g/mol. The summed E-state index contributed by atoms with van der Waals surface area (Å²) in [5, 5.41) is 8.87. The molecule has 17 heavy (non-hydrogen) atoms. The predicted molar refractivity (Wildman–Crippen MR) is 63.4 cm³/mol. The van der Waals surface area contributed by atoms with Gasteiger partial charge >= 0.3 is 11.9 Å². The second-order valence-electron chi connectivity index (χ2n) is 3.82. The third-order valence-electron chi connectivity index (χ3n) is 2.60. The van der Waals surface area contributed by atoms with Gasteiger partial charge in [0, 0.05) is 11.3 Å². The zero-order chi connectivity index (χ0) is 12.4. The molecule has 1 aliphatic heterocycles. The number of hydrogen-bond donors (Lipinski definition) is 1. The van der Waals surface area contributed by atoms with E-state index in [0.29, 0.717) is 23.5 Å². The number of carbonyl (C=O) groups excluding carboxylic acids is 1. The number of cyclic esters (lactones) is 1. The summed E-state index contributed by atoms with van der Waals surface area (Å²) in [6, 6.07) is 5.28. The molecule has 1 saturated heterocycles. The normalized spacial score (nSPS) is 19.1. The first kappa shape index (κ1) is 12.0. The van der Waals surface area contributed by atoms with Gasteiger partial charge in [-0.1, -0.05) is 12.1 Å². The lowest BCUT2D eigenvalue weighted by molar-refractivity contribution is -0.137. The van der Waals surface area contributed by atoms with E-state index in [1.165, 1.54) is 11.8 Å². The second kappa shape index (κ2) is 4.79. The average Bonchev–Trinajstić information content (AvgIpc) is 2.64. The largest absolute Gasteiger partial charge is 0.478 e. The van der Waals surface area contributed by atoms with Crippen LogP contribution < -0.4 is 0 Å². The highest BCUT2D eigenvalue weighted by atomic mass is 32.2. The van der Waals surface area contributed by atoms with Crippen LogP contribution in [0.5, 0.6) is 0 Å². The summed E-state index contributed by atoms with van der Waals surface area (Å²) in [4.78, 5) is 23.1. The summed E-state index contributed by atoms with van der Waals surface area (Å²) in [5.74, 6) is -1.22. The molecule has 1 unspecified atom stereocenters. The number of aromatic carboxylic acids is 1. The van der Waals surface area contributed by atoms with Gasteiger partial charge in [-0.25, -0.2) is 4.79 Å². The topological polar surface area (TPSA) is 63.6 Å². The summed E-state index contributed by atoms with van der Waals surface area (Å²) in [7, 11) is 0. The first-order chi connectivity index (χ1) is 8.09. The van der Waals surface area contributed by atoms with Crippen LogP contribution in [0.2, 0.25) is 0 Å². The van der Waals surface area contributed by atoms with Crippen LogP contribution in [0, 0.1) is 6.92 Å². The minimum Gasteiger partial charge on any atom is -0.478 e. The van der Waals surface area contributed by atoms with Crippen molar-refractivity contribution in [1.82, 2.24) is 0 Å². The fraction of sp³-hybridized carbons (Fsp3) is 0.333. The average molecular weight is 252 g/mol. The lowest BCUT2D eigenvalue weighted by Gasteiger charge is -2.10. The van der Waals surface area contributed by atoms with Crippen molar-refractivity contribution < 1.29 is 19.4 Å². The SMILES string of the molecule is Cc1cccc(SC2CCOC2=O)c1C(=O)O. The highest BCUT2D eigenvalue weighted by molar-refractivity contribution is 8.00. The van der Waals surface area contributed by atoms with E-state index in [0.717, 1.165) is 0 Å². The lowest BCUT2D eigenvalue weighted by Crippen LogP contribution is -2.11. The first-order valence-electron chi connectivity index (χ1n) is 5.26. The van der Waals surface area contributed by atoms with Gasteiger partial charge in [0.2, 0.25) is 0 Å². The standard InChI is InChI=1S/C12H12O4S/c1-7-3-2-4-8(10(7)11(13)14)17-9-5-6-16-12(9)15/h2-4,9H,5-6H2,1H3,(H,13,14). The number of aryl methyl sites for hydroxylation is 1. The molecule has 1 heterocycles. The van der Waals surface area contributed by atoms with Crippen molar-refractivity contribution in [3.63, 3.8) is 0 Å². The van der Waals surface area contributed by atoms with Crippen molar-refractivity contribution in [2.24, 2.45) is 0 Å². The number of benzene rings is 1. The van der Waals surface area contributed by atoms with Crippen LogP contribution in [0.1, 0.15) is 22.3 Å². The molecule has 0 aliphatic carbocycles. The number of thioether (sulfide) groups is 1. The van der Waals surface area contributed by atoms with E-state index in [1.807, 2.05) is 0 Å². The molecule has 0 aromatic heterocycles. The fourth-order valence-corrected chi connectivity index (χ4v) is 2.96. The van der Waals surface area contributed by atoms with Crippen molar-refractivity contribution in [3.05, 3.63) is 29.3 Å². The van der Waals surface area contributed by atoms with Gasteiger partial charge in [-0.3, -0.25) is 4.79 Å². The number of carboxylic acid groups (broad SMARTS) is 1. The monoisotopic (exact) mass is 252 g/mol. The Hall–Kier alpha value is -1.49. The van der Waals surface area contributed by atoms with Gasteiger partial charge in [-0.05, 0) is 18.6 Å². The van der Waals surface area contributed by atoms with E-state index in [9.17, 15) is 9.59 Å². The van der Waals surface area contributed by atoms with E-state index in [2.05, 4.69) is 0 Å². The summed E-state index contributed by atoms with van der Waals surface area (Å²) >= 11 is 1.27. The third-order valence-corrected chi connectivity index (χ3v) is 3.91. The highest BCUT2D eigenvalue weighted by Crippen LogP contribution is 2.33. The molecule has 1 aromatic rings. The van der Waals surface area contributed by atoms with E-state index in [-0.39, 0.29) is 16.8 Å². The molecule has 1 aliphatic rings. The van der Waals surface area contributed by atoms with Crippen molar-refractivity contribution in [1.29, 1.82) is 0 Å². The Morgan fingerprint density at radius 2 is 2.29 bits per heavy atom. The number of carboxylic acids is 1. The molecule has 1 aromatic carbocycles. The Labute approximate surface area is 103 Å². The van der Waals surface area contributed by atoms with Crippen LogP contribution in [0.3, 0.4) is 0 Å². The molecule has 1 fully saturated rings. The maximum absolute atomic E-state index is 11.4. The zero-order valence-corrected chi connectivity index (χ0v) is 10.1. The van der Waals surface area contributed by atoms with Crippen LogP contribution in [0.4, 0.5) is 0 Å². The quantitative estimate of drug-likeness (QED) is 0.835. The van der Waals surface area contributed by atoms with Crippen LogP contribution in [-0.4, -0.2) is 28.9 Å². The Bertz CT molecular complexity index is 470. The van der Waals surface area contributed by atoms with Gasteiger partial charge in [0.25, 0.3) is 0 Å². The lowest BCUT2D eigenvalue weighted by atomic mass is 10.1. The molecular formula is C12H12O4S. The molecule has 0 bridgehead atoms. The third kappa shape index (κ3) is 2.44. The Morgan fingerprint density at radius 3 is 2.88 bits per heavy atom. The minimum atomic E-state index is -0.961. The van der Waals surface area contributed by atoms with E-state index >= 15 is 0 Å². The molecule has 0 radical (unpaired) electrons. The van der Waals surface area contributed by atoms with Gasteiger partial charge in [0.15, 0.2) is 0 Å². The van der Waals surface area contributed by atoms with Crippen LogP contribution in [0.15, 0.2) is 23.1 Å². The molecule has 2 rings (SSSR count). The summed E-state index contributed by atoms with van der Waals surface area (Å²) in [6.07, 6.45) is 0.635. The van der Waals surface area contributed by atoms with Gasteiger partial charge in [-0.2, -0.15) is 0 Å². The molecule has 1 atom stereocenters. The molecule has 0 spiro atoms. The number of esters is 1. The summed E-state index contributed by atoms with van der Waals surface area (Å²) in [6.45, 7) is 2.17. The molecule has 4 nitrogen and oxygen atoms in total. The summed E-state index contributed by atoms with van der Waals surface area (Å²) in [5.41, 5.74) is 0.978. The van der Waals surface area contributed by atoms with Crippen LogP contribution in [-0.2, 0) is 9.53 Å². The Balaban J connectivity index is 2.29. The maximum Gasteiger partial charge on any atom is 0.337 e. The van der Waals surface area contributed by atoms with Gasteiger partial charge in [0.05, 0.1) is 12.2 Å². The Kier molecular flexibility index (Phi) is 3.38. The number of rotatable bonds is 3. The molecule has 90 valence electrons. The summed E-state index contributed by atoms with van der Waals surface area (Å²) < 4.78 is 4.86. The van der Waals surface area contributed by atoms with E-state index < -0.39 is 5.97 Å². The van der Waals surface area contributed by atoms with Gasteiger partial charge in [0.1, 0.15) is 5.25 Å². The minimum absolute atomic E-state index is 0.257. The molecule has 0 saturated carbocycles. The van der Waals surface area contributed by atoms with Crippen LogP contribution in [0.25, 0.3) is 0 Å². The zero-order valence-electron chi connectivity index (χ0n) is 9.30. The van der Waals surface area contributed by atoms with Gasteiger partial charge in [-0.15, -0.1) is 11.8 Å². The smallest absolute Gasteiger partial charge is 0.337 e. The van der Waals surface area contributed by atoms with Crippen molar-refractivity contribution in [2.45, 2.75) is 23.5 Å². The van der Waals surface area contributed by atoms with Crippen molar-refractivity contribution in [2.75, 3.05) is 6.61 Å². The molecule has 0 amide bonds. The number of ether oxygens (including phenoxy) is 1. The Morgan fingerprint density at radius 1 is 1.53 bits per heavy atom. The molecule has 5 heteroatoms. The van der Waals surface area contributed by atoms with Gasteiger partial charge < -0.3 is 9.84 Å². The highest BCUT2D eigenvalue weighted by Gasteiger charge is 2.29. The van der Waals surface area contributed by atoms with E-state index in [1.54, 1.807) is 25.1 Å². The van der Waals surface area contributed by atoms with Crippen LogP contribution >= 0.6 is 11.8 Å². The number of carbonyl (C=O) groups is 2. The molecule has 1 N–H and O–H groups in total. The van der Waals surface area contributed by atoms with Crippen molar-refractivity contribution in [3.8, 4) is 0 Å². The van der Waals surface area contributed by atoms with Crippen molar-refractivity contribution >= 4 is 23.7 Å².